The molecule has 2 heterocycles. The molecule has 0 aromatic carbocycles. The molecule has 0 aliphatic heterocycles. The molecule has 0 spiro atoms. The maximum Gasteiger partial charge on any atom is 0.153 e. The van der Waals surface area contributed by atoms with Crippen LogP contribution < -0.4 is 5.73 Å². The number of rotatable bonds is 2. The van der Waals surface area contributed by atoms with Gasteiger partial charge < -0.3 is 5.73 Å². The van der Waals surface area contributed by atoms with Crippen LogP contribution in [0.3, 0.4) is 0 Å². The van der Waals surface area contributed by atoms with E-state index in [9.17, 15) is 0 Å². The van der Waals surface area contributed by atoms with Gasteiger partial charge in [-0.1, -0.05) is 6.07 Å². The van der Waals surface area contributed by atoms with Crippen molar-refractivity contribution in [1.82, 2.24) is 14.8 Å². The van der Waals surface area contributed by atoms with Gasteiger partial charge in [0.25, 0.3) is 0 Å². The molecule has 4 nitrogen and oxygen atoms in total. The van der Waals surface area contributed by atoms with Crippen LogP contribution in [-0.4, -0.2) is 14.8 Å². The highest BCUT2D eigenvalue weighted by molar-refractivity contribution is 5.32. The summed E-state index contributed by atoms with van der Waals surface area (Å²) in [4.78, 5) is 4.45. The first-order chi connectivity index (χ1) is 7.63. The SMILES string of the molecule is Cc1nn(-c2cccc(CN)n2)c(C)c1C. The number of hydrogen-bond acceptors (Lipinski definition) is 3. The summed E-state index contributed by atoms with van der Waals surface area (Å²) >= 11 is 0. The molecule has 2 aromatic heterocycles. The van der Waals surface area contributed by atoms with E-state index in [2.05, 4.69) is 17.0 Å². The van der Waals surface area contributed by atoms with Gasteiger partial charge in [-0.15, -0.1) is 0 Å². The zero-order valence-electron chi connectivity index (χ0n) is 9.86. The highest BCUT2D eigenvalue weighted by atomic mass is 15.3. The van der Waals surface area contributed by atoms with Gasteiger partial charge in [-0.25, -0.2) is 9.67 Å². The molecule has 0 aliphatic carbocycles. The van der Waals surface area contributed by atoms with Crippen LogP contribution >= 0.6 is 0 Å². The average Bonchev–Trinajstić information content (AvgIpc) is 2.57. The Labute approximate surface area is 95.1 Å². The van der Waals surface area contributed by atoms with E-state index in [-0.39, 0.29) is 0 Å². The first-order valence-corrected chi connectivity index (χ1v) is 5.32. The van der Waals surface area contributed by atoms with Crippen molar-refractivity contribution in [3.8, 4) is 5.82 Å². The van der Waals surface area contributed by atoms with E-state index in [1.807, 2.05) is 36.7 Å². The van der Waals surface area contributed by atoms with E-state index in [0.29, 0.717) is 6.54 Å². The molecular formula is C12H16N4. The predicted octanol–water partition coefficient (Wildman–Crippen LogP) is 1.65. The van der Waals surface area contributed by atoms with Crippen LogP contribution in [0.15, 0.2) is 18.2 Å². The van der Waals surface area contributed by atoms with E-state index < -0.39 is 0 Å². The fourth-order valence-electron chi connectivity index (χ4n) is 1.64. The first kappa shape index (κ1) is 10.8. The van der Waals surface area contributed by atoms with Crippen LogP contribution in [-0.2, 0) is 6.54 Å². The topological polar surface area (TPSA) is 56.7 Å². The summed E-state index contributed by atoms with van der Waals surface area (Å²) < 4.78 is 1.86. The molecular weight excluding hydrogens is 200 g/mol. The van der Waals surface area contributed by atoms with Gasteiger partial charge in [-0.3, -0.25) is 0 Å². The number of pyridine rings is 1. The molecule has 2 aromatic rings. The molecule has 0 amide bonds. The maximum absolute atomic E-state index is 5.58. The van der Waals surface area contributed by atoms with E-state index >= 15 is 0 Å². The molecule has 2 rings (SSSR count). The molecule has 0 aliphatic rings. The number of aryl methyl sites for hydroxylation is 1. The van der Waals surface area contributed by atoms with Crippen LogP contribution in [0.5, 0.6) is 0 Å². The standard InChI is InChI=1S/C12H16N4/c1-8-9(2)15-16(10(8)3)12-6-4-5-11(7-13)14-12/h4-6H,7,13H2,1-3H3. The third-order valence-electron chi connectivity index (χ3n) is 2.87. The average molecular weight is 216 g/mol. The molecule has 0 unspecified atom stereocenters. The Morgan fingerprint density at radius 3 is 2.56 bits per heavy atom. The zero-order chi connectivity index (χ0) is 11.7. The summed E-state index contributed by atoms with van der Waals surface area (Å²) in [5, 5.41) is 4.47. The normalized spacial score (nSPS) is 10.8. The van der Waals surface area contributed by atoms with Gasteiger partial charge in [0.15, 0.2) is 5.82 Å². The summed E-state index contributed by atoms with van der Waals surface area (Å²) in [6.07, 6.45) is 0. The lowest BCUT2D eigenvalue weighted by molar-refractivity contribution is 0.794. The van der Waals surface area contributed by atoms with Crippen LogP contribution in [0, 0.1) is 20.8 Å². The monoisotopic (exact) mass is 216 g/mol. The van der Waals surface area contributed by atoms with Gasteiger partial charge >= 0.3 is 0 Å². The molecule has 0 radical (unpaired) electrons. The Morgan fingerprint density at radius 2 is 2.00 bits per heavy atom. The number of hydrogen-bond donors (Lipinski definition) is 1. The fourth-order valence-corrected chi connectivity index (χ4v) is 1.64. The third kappa shape index (κ3) is 1.72. The number of aromatic nitrogens is 3. The first-order valence-electron chi connectivity index (χ1n) is 5.32. The van der Waals surface area contributed by atoms with Gasteiger partial charge in [0.1, 0.15) is 0 Å². The van der Waals surface area contributed by atoms with Crippen molar-refractivity contribution in [1.29, 1.82) is 0 Å². The molecule has 0 bridgehead atoms. The molecule has 0 saturated heterocycles. The van der Waals surface area contributed by atoms with Crippen LogP contribution in [0.1, 0.15) is 22.6 Å². The molecule has 4 heteroatoms. The minimum Gasteiger partial charge on any atom is -0.325 e. The summed E-state index contributed by atoms with van der Waals surface area (Å²) in [5.74, 6) is 0.830. The van der Waals surface area contributed by atoms with Crippen molar-refractivity contribution in [3.05, 3.63) is 40.8 Å². The highest BCUT2D eigenvalue weighted by Crippen LogP contribution is 2.15. The molecule has 16 heavy (non-hydrogen) atoms. The molecule has 0 fully saturated rings. The van der Waals surface area contributed by atoms with Gasteiger partial charge in [0, 0.05) is 12.2 Å². The summed E-state index contributed by atoms with van der Waals surface area (Å²) in [6.45, 7) is 6.57. The second-order valence-corrected chi connectivity index (χ2v) is 3.90. The van der Waals surface area contributed by atoms with Gasteiger partial charge in [-0.2, -0.15) is 5.10 Å². The molecule has 84 valence electrons. The molecule has 0 saturated carbocycles. The quantitative estimate of drug-likeness (QED) is 0.830. The second-order valence-electron chi connectivity index (χ2n) is 3.90. The third-order valence-corrected chi connectivity index (χ3v) is 2.87. The van der Waals surface area contributed by atoms with Crippen molar-refractivity contribution < 1.29 is 0 Å². The predicted molar refractivity (Wildman–Crippen MR) is 63.5 cm³/mol. The van der Waals surface area contributed by atoms with Crippen molar-refractivity contribution in [2.45, 2.75) is 27.3 Å². The minimum atomic E-state index is 0.451. The van der Waals surface area contributed by atoms with Crippen molar-refractivity contribution in [2.75, 3.05) is 0 Å². The van der Waals surface area contributed by atoms with Crippen molar-refractivity contribution in [3.63, 3.8) is 0 Å². The van der Waals surface area contributed by atoms with Gasteiger partial charge in [0.05, 0.1) is 11.4 Å². The number of nitrogens with zero attached hydrogens (tertiary/aromatic N) is 3. The van der Waals surface area contributed by atoms with Gasteiger partial charge in [0.2, 0.25) is 0 Å². The van der Waals surface area contributed by atoms with E-state index in [1.54, 1.807) is 0 Å². The lowest BCUT2D eigenvalue weighted by atomic mass is 10.2. The number of nitrogens with two attached hydrogens (primary N) is 1. The fraction of sp³-hybridized carbons (Fsp3) is 0.333. The lowest BCUT2D eigenvalue weighted by Gasteiger charge is -2.05. The Balaban J connectivity index is 2.54. The largest absolute Gasteiger partial charge is 0.325 e. The van der Waals surface area contributed by atoms with E-state index in [1.165, 1.54) is 5.56 Å². The lowest BCUT2D eigenvalue weighted by Crippen LogP contribution is -2.06. The Kier molecular flexibility index (Phi) is 2.75. The summed E-state index contributed by atoms with van der Waals surface area (Å²) in [6, 6.07) is 5.82. The zero-order valence-corrected chi connectivity index (χ0v) is 9.86. The maximum atomic E-state index is 5.58. The Bertz CT molecular complexity index is 514. The highest BCUT2D eigenvalue weighted by Gasteiger charge is 2.09. The Morgan fingerprint density at radius 1 is 1.25 bits per heavy atom. The minimum absolute atomic E-state index is 0.451. The molecule has 2 N–H and O–H groups in total. The van der Waals surface area contributed by atoms with Gasteiger partial charge in [-0.05, 0) is 38.5 Å². The van der Waals surface area contributed by atoms with Crippen LogP contribution in [0.2, 0.25) is 0 Å². The summed E-state index contributed by atoms with van der Waals surface area (Å²) in [7, 11) is 0. The summed E-state index contributed by atoms with van der Waals surface area (Å²) in [5.41, 5.74) is 9.83. The Hall–Kier alpha value is -1.68. The van der Waals surface area contributed by atoms with Crippen LogP contribution in [0.4, 0.5) is 0 Å². The van der Waals surface area contributed by atoms with E-state index in [0.717, 1.165) is 22.9 Å². The van der Waals surface area contributed by atoms with Crippen molar-refractivity contribution in [2.24, 2.45) is 5.73 Å². The molecule has 0 atom stereocenters. The smallest absolute Gasteiger partial charge is 0.153 e. The second kappa shape index (κ2) is 4.06. The van der Waals surface area contributed by atoms with Crippen LogP contribution in [0.25, 0.3) is 5.82 Å². The van der Waals surface area contributed by atoms with Crippen molar-refractivity contribution >= 4 is 0 Å². The van der Waals surface area contributed by atoms with E-state index in [4.69, 9.17) is 5.73 Å².